The molecule has 336 valence electrons. The van der Waals surface area contributed by atoms with Crippen molar-refractivity contribution in [1.82, 2.24) is 4.90 Å². The number of nitrogens with zero attached hydrogens (tertiary/aromatic N) is 1. The molecule has 59 heavy (non-hydrogen) atoms. The summed E-state index contributed by atoms with van der Waals surface area (Å²) in [5.41, 5.74) is -0.390. The summed E-state index contributed by atoms with van der Waals surface area (Å²) >= 11 is 0. The van der Waals surface area contributed by atoms with E-state index in [-0.39, 0.29) is 42.9 Å². The number of cyclic esters (lactones) is 1. The Balaban J connectivity index is 1.88. The van der Waals surface area contributed by atoms with E-state index in [1.165, 1.54) is 18.1 Å². The molecule has 3 aliphatic heterocycles. The number of ether oxygens (including phenoxy) is 7. The fourth-order valence-corrected chi connectivity index (χ4v) is 8.64. The largest absolute Gasteiger partial charge is 0.458 e. The molecule has 0 aromatic rings. The van der Waals surface area contributed by atoms with Crippen LogP contribution in [-0.4, -0.2) is 147 Å². The number of methoxy groups -OCH3 is 4. The summed E-state index contributed by atoms with van der Waals surface area (Å²) in [4.78, 5) is 39.4. The molecule has 3 N–H and O–H groups in total. The molecular weight excluding hydrogens is 762 g/mol. The molecule has 16 atom stereocenters. The highest BCUT2D eigenvalue weighted by atomic mass is 16.6. The highest BCUT2D eigenvalue weighted by Gasteiger charge is 2.59. The number of epoxide rings is 1. The number of allylic oxidation sites excluding steroid dienone is 2. The van der Waals surface area contributed by atoms with Gasteiger partial charge in [-0.1, -0.05) is 70.6 Å². The molecule has 0 aliphatic carbocycles. The van der Waals surface area contributed by atoms with Crippen molar-refractivity contribution in [3.63, 3.8) is 0 Å². The lowest BCUT2D eigenvalue weighted by Crippen LogP contribution is -2.49. The Labute approximate surface area is 351 Å². The normalized spacial score (nSPS) is 35.1. The Kier molecular flexibility index (Phi) is 20.6. The van der Waals surface area contributed by atoms with Crippen molar-refractivity contribution in [3.05, 3.63) is 48.2 Å². The maximum atomic E-state index is 13.6. The van der Waals surface area contributed by atoms with Gasteiger partial charge in [0.05, 0.1) is 61.5 Å². The van der Waals surface area contributed by atoms with Gasteiger partial charge in [-0.15, -0.1) is 0 Å². The second-order valence-electron chi connectivity index (χ2n) is 17.0. The molecule has 1 fully saturated rings. The fourth-order valence-electron chi connectivity index (χ4n) is 8.64. The van der Waals surface area contributed by atoms with Crippen LogP contribution in [0, 0.1) is 29.6 Å². The van der Waals surface area contributed by atoms with E-state index in [9.17, 15) is 29.7 Å². The van der Waals surface area contributed by atoms with Crippen molar-refractivity contribution >= 4 is 18.2 Å². The van der Waals surface area contributed by atoms with Crippen LogP contribution in [0.25, 0.3) is 0 Å². The summed E-state index contributed by atoms with van der Waals surface area (Å²) in [6.07, 6.45) is 8.18. The number of carbonyl (C=O) groups is 3. The predicted molar refractivity (Wildman–Crippen MR) is 222 cm³/mol. The van der Waals surface area contributed by atoms with E-state index < -0.39 is 78.2 Å². The number of aliphatic hydroxyl groups is 3. The van der Waals surface area contributed by atoms with Gasteiger partial charge in [0.1, 0.15) is 17.5 Å². The number of hydrogen-bond acceptors (Lipinski definition) is 13. The van der Waals surface area contributed by atoms with Crippen molar-refractivity contribution in [2.75, 3.05) is 42.1 Å². The van der Waals surface area contributed by atoms with Gasteiger partial charge < -0.3 is 53.4 Å². The lowest BCUT2D eigenvalue weighted by Gasteiger charge is -2.39. The Morgan fingerprint density at radius 1 is 1.03 bits per heavy atom. The zero-order valence-corrected chi connectivity index (χ0v) is 37.1. The van der Waals surface area contributed by atoms with Crippen molar-refractivity contribution in [1.29, 1.82) is 0 Å². The van der Waals surface area contributed by atoms with Crippen molar-refractivity contribution in [2.24, 2.45) is 29.6 Å². The number of fused-ring (bicyclic) bond motifs is 2. The van der Waals surface area contributed by atoms with E-state index in [2.05, 4.69) is 0 Å². The maximum Gasteiger partial charge on any atom is 0.331 e. The van der Waals surface area contributed by atoms with Crippen LogP contribution in [0.3, 0.4) is 0 Å². The molecule has 0 aromatic heterocycles. The van der Waals surface area contributed by atoms with Gasteiger partial charge in [-0.05, 0) is 25.7 Å². The van der Waals surface area contributed by atoms with Crippen LogP contribution < -0.4 is 0 Å². The Morgan fingerprint density at radius 3 is 2.31 bits per heavy atom. The lowest BCUT2D eigenvalue weighted by atomic mass is 9.78. The van der Waals surface area contributed by atoms with Gasteiger partial charge in [0, 0.05) is 97.1 Å². The van der Waals surface area contributed by atoms with Crippen LogP contribution >= 0.6 is 0 Å². The first-order valence-electron chi connectivity index (χ1n) is 21.0. The molecule has 3 heterocycles. The second-order valence-corrected chi connectivity index (χ2v) is 17.0. The fraction of sp³-hybridized carbons (Fsp3) is 0.756. The second kappa shape index (κ2) is 24.0. The van der Waals surface area contributed by atoms with Gasteiger partial charge in [0.2, 0.25) is 6.41 Å². The monoisotopic (exact) mass is 836 g/mol. The number of aliphatic hydroxyl groups excluding tert-OH is 3. The van der Waals surface area contributed by atoms with Gasteiger partial charge in [-0.2, -0.15) is 0 Å². The predicted octanol–water partition coefficient (Wildman–Crippen LogP) is 4.34. The lowest BCUT2D eigenvalue weighted by molar-refractivity contribution is -0.159. The molecule has 1 amide bonds. The van der Waals surface area contributed by atoms with Gasteiger partial charge in [0.15, 0.2) is 0 Å². The molecule has 1 saturated heterocycles. The minimum atomic E-state index is -1.00. The number of ketones is 1. The van der Waals surface area contributed by atoms with E-state index in [1.54, 1.807) is 53.7 Å². The third-order valence-electron chi connectivity index (χ3n) is 12.7. The molecule has 14 nitrogen and oxygen atoms in total. The van der Waals surface area contributed by atoms with E-state index in [0.717, 1.165) is 0 Å². The summed E-state index contributed by atoms with van der Waals surface area (Å²) in [6, 6.07) is 0. The SMILES string of the molecule is CO[C@H]([C@H](C)/C=C/N(C)C=O)[C@@H](C)C(=O)CC[C@H](C)[C@H](O)[C@H](C)[C@H]1OC(=O)C=C/C(C)=C\[C@H](O)[C@H](OC)C[C@@H]2C=CC[C@@H](C[C@H](O)[C@@]3(CO3)[C@@H](OC)C[C@@H](OC)[C@@H]1C)O2. The standard InChI is InChI=1S/C45H73NO13/c1-27-15-18-41(51)59-44(32(6)42(52)28(2)16-17-35(48)30(4)43(56-11)29(3)19-20-46(7)26-47)31(5)37(53-8)24-40(55-10)45(25-57-45)39(50)23-34-14-12-13-33(58-34)22-38(54-9)36(49)21-27/h12-13,15,18-21,26,28-34,36-40,42-44,49-50,52H,14,16-17,22-25H2,1-11H3/b18-15?,20-19+,27-21-/t28-,29+,30-,31-,32-,33-,34-,36-,37+,38+,39-,40-,42-,43+,44-,45-/m0/s1. The summed E-state index contributed by atoms with van der Waals surface area (Å²) in [7, 11) is 7.84. The van der Waals surface area contributed by atoms with Crippen LogP contribution in [0.1, 0.15) is 80.1 Å². The molecule has 3 aliphatic rings. The van der Waals surface area contributed by atoms with Crippen molar-refractivity contribution < 1.29 is 62.9 Å². The molecular formula is C45H73NO13. The number of esters is 1. The Hall–Kier alpha value is -2.79. The van der Waals surface area contributed by atoms with Crippen LogP contribution in [0.15, 0.2) is 48.2 Å². The quantitative estimate of drug-likeness (QED) is 0.0865. The third-order valence-corrected chi connectivity index (χ3v) is 12.7. The Bertz CT molecular complexity index is 1440. The molecule has 14 heteroatoms. The van der Waals surface area contributed by atoms with E-state index in [0.29, 0.717) is 44.1 Å². The molecule has 2 bridgehead atoms. The van der Waals surface area contributed by atoms with Gasteiger partial charge in [0.25, 0.3) is 0 Å². The van der Waals surface area contributed by atoms with Crippen LogP contribution in [-0.2, 0) is 47.5 Å². The minimum absolute atomic E-state index is 0.0137. The van der Waals surface area contributed by atoms with Gasteiger partial charge >= 0.3 is 5.97 Å². The highest BCUT2D eigenvalue weighted by molar-refractivity contribution is 5.82. The maximum absolute atomic E-state index is 13.6. The highest BCUT2D eigenvalue weighted by Crippen LogP contribution is 2.42. The molecule has 3 rings (SSSR count). The first kappa shape index (κ1) is 50.6. The number of hydrogen-bond donors (Lipinski definition) is 3. The molecule has 0 unspecified atom stereocenters. The Morgan fingerprint density at radius 2 is 1.71 bits per heavy atom. The topological polar surface area (TPSA) is 183 Å². The molecule has 0 saturated carbocycles. The first-order valence-corrected chi connectivity index (χ1v) is 21.0. The summed E-state index contributed by atoms with van der Waals surface area (Å²) in [5, 5.41) is 34.6. The first-order chi connectivity index (χ1) is 28.0. The number of amides is 1. The van der Waals surface area contributed by atoms with E-state index in [4.69, 9.17) is 33.2 Å². The zero-order valence-electron chi connectivity index (χ0n) is 37.1. The summed E-state index contributed by atoms with van der Waals surface area (Å²) in [5.74, 6) is -2.68. The van der Waals surface area contributed by atoms with E-state index >= 15 is 0 Å². The minimum Gasteiger partial charge on any atom is -0.458 e. The molecule has 1 spiro atoms. The summed E-state index contributed by atoms with van der Waals surface area (Å²) < 4.78 is 41.9. The summed E-state index contributed by atoms with van der Waals surface area (Å²) in [6.45, 7) is 11.4. The molecule has 0 aromatic carbocycles. The average Bonchev–Trinajstić information content (AvgIpc) is 4.03. The van der Waals surface area contributed by atoms with Crippen molar-refractivity contribution in [3.8, 4) is 0 Å². The number of Topliss-reactive ketones (excluding diaryl/α,β-unsaturated/α-hetero) is 1. The third kappa shape index (κ3) is 14.1. The van der Waals surface area contributed by atoms with E-state index in [1.807, 2.05) is 52.8 Å². The van der Waals surface area contributed by atoms with Crippen LogP contribution in [0.2, 0.25) is 0 Å². The van der Waals surface area contributed by atoms with Gasteiger partial charge in [-0.3, -0.25) is 9.59 Å². The number of carbonyl (C=O) groups excluding carboxylic acids is 3. The van der Waals surface area contributed by atoms with Crippen LogP contribution in [0.5, 0.6) is 0 Å². The average molecular weight is 836 g/mol. The zero-order chi connectivity index (χ0) is 44.0. The van der Waals surface area contributed by atoms with Gasteiger partial charge in [-0.25, -0.2) is 4.79 Å². The molecule has 0 radical (unpaired) electrons. The van der Waals surface area contributed by atoms with Crippen molar-refractivity contribution in [2.45, 2.75) is 147 Å². The van der Waals surface area contributed by atoms with Crippen LogP contribution in [0.4, 0.5) is 0 Å². The smallest absolute Gasteiger partial charge is 0.331 e. The number of rotatable bonds is 16.